The highest BCUT2D eigenvalue weighted by Crippen LogP contribution is 2.04. The first kappa shape index (κ1) is 6.34. The number of aryl methyl sites for hydroxylation is 1. The fourth-order valence-corrected chi connectivity index (χ4v) is 1.18. The molecule has 0 aromatic carbocycles. The molecule has 2 heterocycles. The minimum atomic E-state index is 0.987. The molecule has 2 aromatic rings. The molecular weight excluding hydrogens is 138 g/mol. The van der Waals surface area contributed by atoms with Crippen molar-refractivity contribution in [3.8, 4) is 0 Å². The van der Waals surface area contributed by atoms with Crippen molar-refractivity contribution in [2.45, 2.75) is 13.3 Å². The van der Waals surface area contributed by atoms with Gasteiger partial charge >= 0.3 is 0 Å². The molecule has 56 valence electrons. The van der Waals surface area contributed by atoms with Gasteiger partial charge < -0.3 is 0 Å². The highest BCUT2D eigenvalue weighted by molar-refractivity contribution is 5.43. The Kier molecular flexibility index (Phi) is 1.35. The molecule has 0 atom stereocenters. The van der Waals surface area contributed by atoms with E-state index in [4.69, 9.17) is 0 Å². The lowest BCUT2D eigenvalue weighted by atomic mass is 10.3. The summed E-state index contributed by atoms with van der Waals surface area (Å²) in [6, 6.07) is 6.08. The predicted octanol–water partition coefficient (Wildman–Crippen LogP) is 1.29. The van der Waals surface area contributed by atoms with E-state index >= 15 is 0 Å². The van der Waals surface area contributed by atoms with Crippen molar-refractivity contribution in [2.75, 3.05) is 0 Å². The van der Waals surface area contributed by atoms with Gasteiger partial charge in [0.2, 0.25) is 0 Å². The summed E-state index contributed by atoms with van der Waals surface area (Å²) in [6.07, 6.45) is 2.75. The van der Waals surface area contributed by atoms with Crippen molar-refractivity contribution in [2.24, 2.45) is 0 Å². The topological polar surface area (TPSA) is 30.2 Å². The first-order valence-electron chi connectivity index (χ1n) is 3.70. The molecule has 2 aromatic heterocycles. The molecule has 0 radical (unpaired) electrons. The largest absolute Gasteiger partial charge is 0.218 e. The van der Waals surface area contributed by atoms with Crippen molar-refractivity contribution < 1.29 is 0 Å². The molecule has 0 bridgehead atoms. The molecule has 0 aliphatic heterocycles. The van der Waals surface area contributed by atoms with E-state index in [1.165, 1.54) is 5.69 Å². The Bertz CT molecular complexity index is 364. The number of rotatable bonds is 1. The SMILES string of the molecule is CCc1cccc2cnnn12. The van der Waals surface area contributed by atoms with Crippen molar-refractivity contribution >= 4 is 5.52 Å². The smallest absolute Gasteiger partial charge is 0.0868 e. The maximum absolute atomic E-state index is 3.96. The summed E-state index contributed by atoms with van der Waals surface area (Å²) < 4.78 is 1.86. The molecule has 2 rings (SSSR count). The fourth-order valence-electron chi connectivity index (χ4n) is 1.18. The van der Waals surface area contributed by atoms with Crippen molar-refractivity contribution in [3.63, 3.8) is 0 Å². The summed E-state index contributed by atoms with van der Waals surface area (Å²) in [5.74, 6) is 0. The highest BCUT2D eigenvalue weighted by atomic mass is 15.4. The van der Waals surface area contributed by atoms with Gasteiger partial charge in [-0.25, -0.2) is 4.52 Å². The summed E-state index contributed by atoms with van der Waals surface area (Å²) in [5.41, 5.74) is 2.25. The van der Waals surface area contributed by atoms with Gasteiger partial charge in [0.15, 0.2) is 0 Å². The van der Waals surface area contributed by atoms with E-state index in [0.29, 0.717) is 0 Å². The molecule has 0 unspecified atom stereocenters. The van der Waals surface area contributed by atoms with Crippen LogP contribution in [0.5, 0.6) is 0 Å². The predicted molar refractivity (Wildman–Crippen MR) is 42.4 cm³/mol. The quantitative estimate of drug-likeness (QED) is 0.608. The van der Waals surface area contributed by atoms with Crippen LogP contribution < -0.4 is 0 Å². The zero-order valence-electron chi connectivity index (χ0n) is 6.36. The van der Waals surface area contributed by atoms with Crippen LogP contribution in [0.25, 0.3) is 5.52 Å². The average Bonchev–Trinajstić information content (AvgIpc) is 2.50. The number of aromatic nitrogens is 3. The Morgan fingerprint density at radius 1 is 1.45 bits per heavy atom. The first-order chi connectivity index (χ1) is 5.42. The normalized spacial score (nSPS) is 10.6. The average molecular weight is 147 g/mol. The Balaban J connectivity index is 2.79. The molecule has 0 amide bonds. The Morgan fingerprint density at radius 3 is 3.18 bits per heavy atom. The van der Waals surface area contributed by atoms with Crippen molar-refractivity contribution in [1.29, 1.82) is 0 Å². The van der Waals surface area contributed by atoms with Crippen LogP contribution in [0.4, 0.5) is 0 Å². The number of pyridine rings is 1. The molecule has 3 nitrogen and oxygen atoms in total. The number of hydrogen-bond acceptors (Lipinski definition) is 2. The maximum Gasteiger partial charge on any atom is 0.0868 e. The summed E-state index contributed by atoms with van der Waals surface area (Å²) in [6.45, 7) is 2.11. The van der Waals surface area contributed by atoms with Crippen LogP contribution in [-0.4, -0.2) is 14.8 Å². The first-order valence-corrected chi connectivity index (χ1v) is 3.70. The van der Waals surface area contributed by atoms with Crippen LogP contribution in [0.15, 0.2) is 24.4 Å². The number of fused-ring (bicyclic) bond motifs is 1. The van der Waals surface area contributed by atoms with E-state index in [1.54, 1.807) is 6.20 Å². The standard InChI is InChI=1S/C8H9N3/c1-2-7-4-3-5-8-6-9-10-11(7)8/h3-6H,2H2,1H3. The highest BCUT2D eigenvalue weighted by Gasteiger charge is 1.97. The molecule has 0 saturated carbocycles. The van der Waals surface area contributed by atoms with Gasteiger partial charge in [0.25, 0.3) is 0 Å². The minimum Gasteiger partial charge on any atom is -0.218 e. The van der Waals surface area contributed by atoms with E-state index in [1.807, 2.05) is 16.6 Å². The fraction of sp³-hybridized carbons (Fsp3) is 0.250. The lowest BCUT2D eigenvalue weighted by Gasteiger charge is -1.97. The molecule has 0 aliphatic rings. The second-order valence-electron chi connectivity index (χ2n) is 2.44. The summed E-state index contributed by atoms with van der Waals surface area (Å²) >= 11 is 0. The zero-order valence-corrected chi connectivity index (χ0v) is 6.36. The van der Waals surface area contributed by atoms with Crippen LogP contribution >= 0.6 is 0 Å². The monoisotopic (exact) mass is 147 g/mol. The van der Waals surface area contributed by atoms with Crippen LogP contribution in [0.3, 0.4) is 0 Å². The summed E-state index contributed by atoms with van der Waals surface area (Å²) in [5, 5.41) is 7.78. The molecule has 0 spiro atoms. The van der Waals surface area contributed by atoms with Gasteiger partial charge in [0, 0.05) is 5.69 Å². The molecule has 0 aliphatic carbocycles. The van der Waals surface area contributed by atoms with Gasteiger partial charge in [-0.3, -0.25) is 0 Å². The van der Waals surface area contributed by atoms with E-state index in [9.17, 15) is 0 Å². The number of hydrogen-bond donors (Lipinski definition) is 0. The third-order valence-corrected chi connectivity index (χ3v) is 1.77. The Morgan fingerprint density at radius 2 is 2.36 bits per heavy atom. The second kappa shape index (κ2) is 2.34. The van der Waals surface area contributed by atoms with Gasteiger partial charge in [-0.15, -0.1) is 5.10 Å². The molecule has 0 N–H and O–H groups in total. The van der Waals surface area contributed by atoms with Crippen LogP contribution in [0.2, 0.25) is 0 Å². The van der Waals surface area contributed by atoms with Gasteiger partial charge in [-0.05, 0) is 18.6 Å². The van der Waals surface area contributed by atoms with Gasteiger partial charge in [0.1, 0.15) is 0 Å². The molecule has 0 saturated heterocycles. The third-order valence-electron chi connectivity index (χ3n) is 1.77. The van der Waals surface area contributed by atoms with Crippen molar-refractivity contribution in [3.05, 3.63) is 30.1 Å². The zero-order chi connectivity index (χ0) is 7.68. The molecule has 3 heteroatoms. The molecule has 0 fully saturated rings. The van der Waals surface area contributed by atoms with Crippen LogP contribution in [0, 0.1) is 0 Å². The minimum absolute atomic E-state index is 0.987. The summed E-state index contributed by atoms with van der Waals surface area (Å²) in [7, 11) is 0. The van der Waals surface area contributed by atoms with E-state index in [2.05, 4.69) is 23.3 Å². The van der Waals surface area contributed by atoms with Gasteiger partial charge in [0.05, 0.1) is 11.7 Å². The Hall–Kier alpha value is -1.38. The van der Waals surface area contributed by atoms with E-state index in [-0.39, 0.29) is 0 Å². The van der Waals surface area contributed by atoms with Gasteiger partial charge in [-0.2, -0.15) is 0 Å². The maximum atomic E-state index is 3.96. The lowest BCUT2D eigenvalue weighted by molar-refractivity contribution is 0.800. The van der Waals surface area contributed by atoms with E-state index < -0.39 is 0 Å². The van der Waals surface area contributed by atoms with Crippen LogP contribution in [0.1, 0.15) is 12.6 Å². The van der Waals surface area contributed by atoms with Crippen LogP contribution in [-0.2, 0) is 6.42 Å². The molecule has 11 heavy (non-hydrogen) atoms. The van der Waals surface area contributed by atoms with Gasteiger partial charge in [-0.1, -0.05) is 18.2 Å². The molecular formula is C8H9N3. The van der Waals surface area contributed by atoms with Crippen molar-refractivity contribution in [1.82, 2.24) is 14.8 Å². The van der Waals surface area contributed by atoms with E-state index in [0.717, 1.165) is 11.9 Å². The number of nitrogens with zero attached hydrogens (tertiary/aromatic N) is 3. The second-order valence-corrected chi connectivity index (χ2v) is 2.44. The summed E-state index contributed by atoms with van der Waals surface area (Å²) in [4.78, 5) is 0. The Labute approximate surface area is 64.7 Å². The third kappa shape index (κ3) is 0.888. The lowest BCUT2D eigenvalue weighted by Crippen LogP contribution is -1.95.